The van der Waals surface area contributed by atoms with Gasteiger partial charge in [0.25, 0.3) is 0 Å². The molecule has 0 aromatic heterocycles. The maximum absolute atomic E-state index is 12.3. The van der Waals surface area contributed by atoms with Crippen LogP contribution >= 0.6 is 0 Å². The quantitative estimate of drug-likeness (QED) is 0.806. The highest BCUT2D eigenvalue weighted by Gasteiger charge is 2.44. The molecule has 0 aromatic carbocycles. The number of likely N-dealkylation sites (tertiary alicyclic amines) is 1. The maximum Gasteiger partial charge on any atom is 0.410 e. The number of aliphatic hydroxyl groups is 1. The van der Waals surface area contributed by atoms with Crippen molar-refractivity contribution in [1.29, 1.82) is 0 Å². The lowest BCUT2D eigenvalue weighted by Gasteiger charge is -2.38. The van der Waals surface area contributed by atoms with Gasteiger partial charge < -0.3 is 19.2 Å². The Kier molecular flexibility index (Phi) is 5.74. The molecule has 0 spiro atoms. The molecule has 1 amide bonds. The lowest BCUT2D eigenvalue weighted by Crippen LogP contribution is -2.45. The van der Waals surface area contributed by atoms with E-state index in [-0.39, 0.29) is 29.9 Å². The van der Waals surface area contributed by atoms with Gasteiger partial charge in [0.15, 0.2) is 8.32 Å². The summed E-state index contributed by atoms with van der Waals surface area (Å²) in [6.07, 6.45) is 0.279. The summed E-state index contributed by atoms with van der Waals surface area (Å²) in [5.41, 5.74) is -0.532. The van der Waals surface area contributed by atoms with Crippen LogP contribution in [0.15, 0.2) is 0 Å². The van der Waals surface area contributed by atoms with Crippen LogP contribution in [0.1, 0.15) is 48.0 Å². The normalized spacial score (nSPS) is 23.8. The van der Waals surface area contributed by atoms with Crippen molar-refractivity contribution in [3.05, 3.63) is 0 Å². The monoisotopic (exact) mass is 331 g/mol. The predicted molar refractivity (Wildman–Crippen MR) is 90.5 cm³/mol. The van der Waals surface area contributed by atoms with E-state index in [1.807, 2.05) is 20.8 Å². The molecule has 1 fully saturated rings. The Labute approximate surface area is 136 Å². The molecule has 6 heteroatoms. The largest absolute Gasteiger partial charge is 0.444 e. The number of carbonyl (C=O) groups excluding carboxylic acids is 1. The van der Waals surface area contributed by atoms with E-state index in [2.05, 4.69) is 33.9 Å². The Bertz CT molecular complexity index is 398. The zero-order chi connectivity index (χ0) is 17.3. The minimum atomic E-state index is -1.88. The Hall–Kier alpha value is -0.593. The third-order valence-electron chi connectivity index (χ3n) is 4.48. The maximum atomic E-state index is 12.3. The van der Waals surface area contributed by atoms with Crippen LogP contribution in [0.2, 0.25) is 18.1 Å². The van der Waals surface area contributed by atoms with E-state index in [1.54, 1.807) is 4.90 Å². The molecule has 22 heavy (non-hydrogen) atoms. The third kappa shape index (κ3) is 4.96. The highest BCUT2D eigenvalue weighted by atomic mass is 28.4. The zero-order valence-corrected chi connectivity index (χ0v) is 16.4. The van der Waals surface area contributed by atoms with E-state index in [0.29, 0.717) is 13.0 Å². The molecule has 1 unspecified atom stereocenters. The van der Waals surface area contributed by atoms with Crippen LogP contribution in [0.5, 0.6) is 0 Å². The molecule has 0 radical (unpaired) electrons. The Morgan fingerprint density at radius 3 is 2.18 bits per heavy atom. The van der Waals surface area contributed by atoms with Crippen LogP contribution in [-0.4, -0.2) is 55.3 Å². The minimum absolute atomic E-state index is 0.0226. The van der Waals surface area contributed by atoms with Crippen molar-refractivity contribution in [2.24, 2.45) is 0 Å². The molecule has 2 atom stereocenters. The van der Waals surface area contributed by atoms with Gasteiger partial charge in [-0.1, -0.05) is 20.8 Å². The first-order valence-corrected chi connectivity index (χ1v) is 11.0. The van der Waals surface area contributed by atoms with Crippen LogP contribution in [0, 0.1) is 0 Å². The van der Waals surface area contributed by atoms with Crippen molar-refractivity contribution >= 4 is 14.4 Å². The van der Waals surface area contributed by atoms with Crippen molar-refractivity contribution in [3.63, 3.8) is 0 Å². The second kappa shape index (κ2) is 6.49. The number of amides is 1. The van der Waals surface area contributed by atoms with Gasteiger partial charge in [0.2, 0.25) is 0 Å². The fourth-order valence-corrected chi connectivity index (χ4v) is 3.63. The summed E-state index contributed by atoms with van der Waals surface area (Å²) in [4.78, 5) is 13.9. The van der Waals surface area contributed by atoms with Gasteiger partial charge in [-0.05, 0) is 45.3 Å². The van der Waals surface area contributed by atoms with Crippen LogP contribution in [0.3, 0.4) is 0 Å². The summed E-state index contributed by atoms with van der Waals surface area (Å²) in [5, 5.41) is 9.69. The topological polar surface area (TPSA) is 59.0 Å². The predicted octanol–water partition coefficient (Wildman–Crippen LogP) is 3.38. The van der Waals surface area contributed by atoms with Crippen molar-refractivity contribution < 1.29 is 19.1 Å². The summed E-state index contributed by atoms with van der Waals surface area (Å²) in [6.45, 7) is 17.0. The molecule has 0 saturated carbocycles. The van der Waals surface area contributed by atoms with Gasteiger partial charge >= 0.3 is 6.09 Å². The second-order valence-corrected chi connectivity index (χ2v) is 13.5. The molecular weight excluding hydrogens is 298 g/mol. The molecule has 1 N–H and O–H groups in total. The number of hydrogen-bond donors (Lipinski definition) is 1. The molecule has 0 aliphatic carbocycles. The zero-order valence-electron chi connectivity index (χ0n) is 15.4. The number of ether oxygens (including phenoxy) is 1. The van der Waals surface area contributed by atoms with Gasteiger partial charge in [-0.3, -0.25) is 0 Å². The van der Waals surface area contributed by atoms with E-state index in [9.17, 15) is 9.90 Å². The van der Waals surface area contributed by atoms with Crippen molar-refractivity contribution in [2.45, 2.75) is 83.8 Å². The van der Waals surface area contributed by atoms with Gasteiger partial charge in [0.1, 0.15) is 5.60 Å². The summed E-state index contributed by atoms with van der Waals surface area (Å²) < 4.78 is 11.8. The lowest BCUT2D eigenvalue weighted by molar-refractivity contribution is 0.0164. The molecule has 130 valence electrons. The summed E-state index contributed by atoms with van der Waals surface area (Å²) in [6, 6.07) is -0.218. The average molecular weight is 332 g/mol. The molecule has 5 nitrogen and oxygen atoms in total. The highest BCUT2D eigenvalue weighted by molar-refractivity contribution is 6.74. The van der Waals surface area contributed by atoms with Crippen molar-refractivity contribution in [1.82, 2.24) is 4.90 Å². The van der Waals surface area contributed by atoms with E-state index >= 15 is 0 Å². The summed E-state index contributed by atoms with van der Waals surface area (Å²) in [7, 11) is -1.88. The minimum Gasteiger partial charge on any atom is -0.444 e. The van der Waals surface area contributed by atoms with Crippen LogP contribution in [0.25, 0.3) is 0 Å². The lowest BCUT2D eigenvalue weighted by atomic mass is 10.2. The highest BCUT2D eigenvalue weighted by Crippen LogP contribution is 2.39. The average Bonchev–Trinajstić information content (AvgIpc) is 2.67. The standard InChI is InChI=1S/C16H33NO4Si/c1-15(2,3)20-14(19)17-10-13(9-12(17)11-18)21-22(7,8)16(4,5)6/h12-13,18H,9-11H2,1-8H3/t12?,13-/m0/s1. The molecule has 1 heterocycles. The van der Waals surface area contributed by atoms with Gasteiger partial charge in [-0.25, -0.2) is 4.79 Å². The van der Waals surface area contributed by atoms with Crippen molar-refractivity contribution in [3.8, 4) is 0 Å². The van der Waals surface area contributed by atoms with E-state index in [4.69, 9.17) is 9.16 Å². The number of nitrogens with zero attached hydrogens (tertiary/aromatic N) is 1. The third-order valence-corrected chi connectivity index (χ3v) is 9.02. The summed E-state index contributed by atoms with van der Waals surface area (Å²) >= 11 is 0. The Balaban J connectivity index is 2.75. The van der Waals surface area contributed by atoms with E-state index in [1.165, 1.54) is 0 Å². The SMILES string of the molecule is CC(C)(C)OC(=O)N1C[C@@H](O[Si](C)(C)C(C)(C)C)CC1CO. The first-order valence-electron chi connectivity index (χ1n) is 8.05. The number of aliphatic hydroxyl groups excluding tert-OH is 1. The molecule has 1 saturated heterocycles. The molecular formula is C16H33NO4Si. The second-order valence-electron chi connectivity index (χ2n) is 8.70. The van der Waals surface area contributed by atoms with Crippen LogP contribution in [-0.2, 0) is 9.16 Å². The van der Waals surface area contributed by atoms with Gasteiger partial charge in [0.05, 0.1) is 18.8 Å². The Morgan fingerprint density at radius 2 is 1.77 bits per heavy atom. The van der Waals surface area contributed by atoms with Gasteiger partial charge in [0, 0.05) is 6.54 Å². The number of rotatable bonds is 3. The molecule has 0 aromatic rings. The van der Waals surface area contributed by atoms with Crippen LogP contribution in [0.4, 0.5) is 4.79 Å². The Morgan fingerprint density at radius 1 is 1.23 bits per heavy atom. The van der Waals surface area contributed by atoms with Gasteiger partial charge in [-0.2, -0.15) is 0 Å². The molecule has 0 bridgehead atoms. The fourth-order valence-electron chi connectivity index (χ4n) is 2.27. The first-order chi connectivity index (χ1) is 9.77. The number of carbonyl (C=O) groups is 1. The van der Waals surface area contributed by atoms with E-state index in [0.717, 1.165) is 0 Å². The number of hydrogen-bond acceptors (Lipinski definition) is 4. The molecule has 1 rings (SSSR count). The van der Waals surface area contributed by atoms with Crippen LogP contribution < -0.4 is 0 Å². The summed E-state index contributed by atoms with van der Waals surface area (Å²) in [5.74, 6) is 0. The van der Waals surface area contributed by atoms with Gasteiger partial charge in [-0.15, -0.1) is 0 Å². The molecule has 1 aliphatic heterocycles. The smallest absolute Gasteiger partial charge is 0.410 e. The van der Waals surface area contributed by atoms with E-state index < -0.39 is 13.9 Å². The fraction of sp³-hybridized carbons (Fsp3) is 0.938. The van der Waals surface area contributed by atoms with Crippen molar-refractivity contribution in [2.75, 3.05) is 13.2 Å². The first kappa shape index (κ1) is 19.5. The molecule has 1 aliphatic rings.